The van der Waals surface area contributed by atoms with Gasteiger partial charge in [-0.1, -0.05) is 121 Å². The molecular weight excluding hydrogens is 953 g/mol. The molecule has 0 amide bonds. The summed E-state index contributed by atoms with van der Waals surface area (Å²) in [6.45, 7) is -3.58. The van der Waals surface area contributed by atoms with E-state index >= 15 is 0 Å². The summed E-state index contributed by atoms with van der Waals surface area (Å²) in [4.78, 5) is 26.7. The zero-order chi connectivity index (χ0) is 51.1. The molecule has 0 aliphatic carbocycles. The number of carbonyl (C=O) groups is 2. The fraction of sp³-hybridized carbons (Fsp3) is 0.240. The molecule has 0 aliphatic rings. The molecule has 6 aromatic carbocycles. The molecule has 0 aromatic heterocycles. The van der Waals surface area contributed by atoms with Crippen molar-refractivity contribution in [3.05, 3.63) is 213 Å². The van der Waals surface area contributed by atoms with Crippen molar-refractivity contribution in [2.24, 2.45) is 11.5 Å². The second kappa shape index (κ2) is 21.1. The first-order valence-electron chi connectivity index (χ1n) is 20.8. The monoisotopic (exact) mass is 992 g/mol. The predicted molar refractivity (Wildman–Crippen MR) is 228 cm³/mol. The standard InChI is InChI=1S/C50H40F12N2O6/c51-47(52,53)37-21-31(22-38(25-37)48(54,55)56)27-69-45(33-13-5-1-6-14-33,34-15-7-2-8-16-34)41(63)29-67-43(65)44(66)68-30-42(64)46(35-17-9-3-10-18-35,36-19-11-4-12-20-36)70-28-32-23-39(49(57,58)59)26-40(24-32)50(60,61)62/h1-26,41-42H,27-30,63-64H2. The minimum atomic E-state index is -5.18. The lowest BCUT2D eigenvalue weighted by atomic mass is 9.80. The van der Waals surface area contributed by atoms with Gasteiger partial charge < -0.3 is 30.4 Å². The summed E-state index contributed by atoms with van der Waals surface area (Å²) in [7, 11) is 0. The van der Waals surface area contributed by atoms with Gasteiger partial charge in [0.15, 0.2) is 0 Å². The maximum absolute atomic E-state index is 13.8. The molecule has 0 aliphatic heterocycles. The first-order chi connectivity index (χ1) is 32.9. The maximum Gasteiger partial charge on any atom is 0.417 e. The largest absolute Gasteiger partial charge is 0.455 e. The molecule has 0 saturated carbocycles. The van der Waals surface area contributed by atoms with Crippen molar-refractivity contribution in [1.29, 1.82) is 0 Å². The molecule has 370 valence electrons. The minimum Gasteiger partial charge on any atom is -0.455 e. The maximum atomic E-state index is 13.8. The van der Waals surface area contributed by atoms with Crippen LogP contribution in [-0.4, -0.2) is 37.2 Å². The Hall–Kier alpha value is -6.74. The molecule has 0 saturated heterocycles. The number of rotatable bonds is 16. The van der Waals surface area contributed by atoms with Gasteiger partial charge >= 0.3 is 36.6 Å². The average molecular weight is 993 g/mol. The smallest absolute Gasteiger partial charge is 0.417 e. The van der Waals surface area contributed by atoms with Crippen molar-refractivity contribution in [2.45, 2.75) is 61.2 Å². The van der Waals surface area contributed by atoms with E-state index in [1.54, 1.807) is 24.3 Å². The van der Waals surface area contributed by atoms with E-state index in [4.69, 9.17) is 30.4 Å². The third-order valence-corrected chi connectivity index (χ3v) is 11.0. The van der Waals surface area contributed by atoms with Crippen LogP contribution in [0.4, 0.5) is 52.7 Å². The molecule has 0 fully saturated rings. The predicted octanol–water partition coefficient (Wildman–Crippen LogP) is 11.1. The van der Waals surface area contributed by atoms with Gasteiger partial charge in [-0.3, -0.25) is 0 Å². The van der Waals surface area contributed by atoms with E-state index < -0.39 is 120 Å². The SMILES string of the molecule is NC(COC(=O)C(=O)OCC(N)C(OCc1cc(C(F)(F)F)cc(C(F)(F)F)c1)(c1ccccc1)c1ccccc1)C(OCc1cc(C(F)(F)F)cc(C(F)(F)F)c1)(c1ccccc1)c1ccccc1. The summed E-state index contributed by atoms with van der Waals surface area (Å²) in [5, 5.41) is 0. The quantitative estimate of drug-likeness (QED) is 0.0558. The Morgan fingerprint density at radius 2 is 0.600 bits per heavy atom. The van der Waals surface area contributed by atoms with Gasteiger partial charge in [-0.05, 0) is 69.8 Å². The van der Waals surface area contributed by atoms with Gasteiger partial charge in [-0.25, -0.2) is 9.59 Å². The lowest BCUT2D eigenvalue weighted by Gasteiger charge is -2.40. The molecule has 4 N–H and O–H groups in total. The summed E-state index contributed by atoms with van der Waals surface area (Å²) in [5.41, 5.74) is 2.75. The number of benzene rings is 6. The van der Waals surface area contributed by atoms with Crippen LogP contribution in [0.1, 0.15) is 55.6 Å². The van der Waals surface area contributed by atoms with Crippen LogP contribution in [0.3, 0.4) is 0 Å². The first-order valence-corrected chi connectivity index (χ1v) is 20.8. The first kappa shape index (κ1) is 52.6. The number of hydrogen-bond acceptors (Lipinski definition) is 8. The summed E-state index contributed by atoms with van der Waals surface area (Å²) in [5.74, 6) is -3.33. The number of nitrogens with two attached hydrogens (primary N) is 2. The molecule has 20 heteroatoms. The Bertz CT molecular complexity index is 2370. The van der Waals surface area contributed by atoms with Crippen LogP contribution >= 0.6 is 0 Å². The van der Waals surface area contributed by atoms with E-state index in [1.807, 2.05) is 0 Å². The molecular formula is C50H40F12N2O6. The number of esters is 2. The van der Waals surface area contributed by atoms with E-state index in [9.17, 15) is 62.3 Å². The van der Waals surface area contributed by atoms with Crippen LogP contribution in [0.15, 0.2) is 158 Å². The number of ether oxygens (including phenoxy) is 4. The van der Waals surface area contributed by atoms with E-state index in [0.717, 1.165) is 0 Å². The molecule has 8 nitrogen and oxygen atoms in total. The molecule has 6 rings (SSSR count). The second-order valence-corrected chi connectivity index (χ2v) is 15.8. The Labute approximate surface area is 391 Å². The van der Waals surface area contributed by atoms with Crippen LogP contribution in [0.2, 0.25) is 0 Å². The molecule has 0 spiro atoms. The normalized spacial score (nSPS) is 13.6. The van der Waals surface area contributed by atoms with Crippen molar-refractivity contribution in [3.8, 4) is 0 Å². The summed E-state index contributed by atoms with van der Waals surface area (Å²) < 4.78 is 189. The van der Waals surface area contributed by atoms with Gasteiger partial charge in [0.25, 0.3) is 0 Å². The van der Waals surface area contributed by atoms with Gasteiger partial charge in [0.05, 0.1) is 47.6 Å². The number of halogens is 12. The van der Waals surface area contributed by atoms with Crippen molar-refractivity contribution >= 4 is 11.9 Å². The van der Waals surface area contributed by atoms with Gasteiger partial charge in [0, 0.05) is 0 Å². The average Bonchev–Trinajstić information content (AvgIpc) is 3.33. The van der Waals surface area contributed by atoms with E-state index in [1.165, 1.54) is 97.1 Å². The van der Waals surface area contributed by atoms with Crippen molar-refractivity contribution in [1.82, 2.24) is 0 Å². The topological polar surface area (TPSA) is 123 Å². The Balaban J connectivity index is 1.28. The van der Waals surface area contributed by atoms with Gasteiger partial charge in [-0.15, -0.1) is 0 Å². The van der Waals surface area contributed by atoms with Gasteiger partial charge in [-0.2, -0.15) is 52.7 Å². The van der Waals surface area contributed by atoms with Gasteiger partial charge in [0.2, 0.25) is 0 Å². The molecule has 2 atom stereocenters. The van der Waals surface area contributed by atoms with Crippen LogP contribution in [-0.2, 0) is 77.7 Å². The lowest BCUT2D eigenvalue weighted by molar-refractivity contribution is -0.171. The second-order valence-electron chi connectivity index (χ2n) is 15.8. The van der Waals surface area contributed by atoms with E-state index in [0.29, 0.717) is 24.3 Å². The Kier molecular flexibility index (Phi) is 15.9. The highest BCUT2D eigenvalue weighted by Gasteiger charge is 2.46. The van der Waals surface area contributed by atoms with E-state index in [-0.39, 0.29) is 34.4 Å². The Morgan fingerprint density at radius 3 is 0.814 bits per heavy atom. The summed E-state index contributed by atoms with van der Waals surface area (Å²) in [6, 6.07) is 29.3. The number of carbonyl (C=O) groups excluding carboxylic acids is 2. The fourth-order valence-electron chi connectivity index (χ4n) is 7.76. The van der Waals surface area contributed by atoms with Crippen LogP contribution in [0.25, 0.3) is 0 Å². The van der Waals surface area contributed by atoms with Crippen LogP contribution in [0, 0.1) is 0 Å². The zero-order valence-corrected chi connectivity index (χ0v) is 36.1. The highest BCUT2D eigenvalue weighted by atomic mass is 19.4. The lowest BCUT2D eigenvalue weighted by Crippen LogP contribution is -2.52. The van der Waals surface area contributed by atoms with Crippen molar-refractivity contribution < 1.29 is 81.2 Å². The molecule has 70 heavy (non-hydrogen) atoms. The van der Waals surface area contributed by atoms with Crippen LogP contribution in [0.5, 0.6) is 0 Å². The van der Waals surface area contributed by atoms with Crippen molar-refractivity contribution in [2.75, 3.05) is 13.2 Å². The molecule has 0 radical (unpaired) electrons. The van der Waals surface area contributed by atoms with Crippen LogP contribution < -0.4 is 11.5 Å². The highest BCUT2D eigenvalue weighted by Crippen LogP contribution is 2.42. The van der Waals surface area contributed by atoms with Crippen molar-refractivity contribution in [3.63, 3.8) is 0 Å². The van der Waals surface area contributed by atoms with Gasteiger partial charge in [0.1, 0.15) is 24.4 Å². The highest BCUT2D eigenvalue weighted by molar-refractivity contribution is 6.29. The summed E-state index contributed by atoms with van der Waals surface area (Å²) >= 11 is 0. The fourth-order valence-corrected chi connectivity index (χ4v) is 7.76. The third kappa shape index (κ3) is 12.2. The van der Waals surface area contributed by atoms with E-state index in [2.05, 4.69) is 0 Å². The molecule has 2 unspecified atom stereocenters. The molecule has 0 heterocycles. The zero-order valence-electron chi connectivity index (χ0n) is 36.1. The summed E-state index contributed by atoms with van der Waals surface area (Å²) in [6.07, 6.45) is -20.7. The Morgan fingerprint density at radius 1 is 0.371 bits per heavy atom. The minimum absolute atomic E-state index is 0.0462. The number of alkyl halides is 12. The third-order valence-electron chi connectivity index (χ3n) is 11.0. The molecule has 0 bridgehead atoms. The molecule has 6 aromatic rings. The number of hydrogen-bond donors (Lipinski definition) is 2.